The van der Waals surface area contributed by atoms with Crippen LogP contribution in [0.1, 0.15) is 19.3 Å². The van der Waals surface area contributed by atoms with Gasteiger partial charge in [-0.25, -0.2) is 0 Å². The summed E-state index contributed by atoms with van der Waals surface area (Å²) in [6, 6.07) is 0.425. The van der Waals surface area contributed by atoms with Gasteiger partial charge in [-0.2, -0.15) is 0 Å². The van der Waals surface area contributed by atoms with Gasteiger partial charge >= 0.3 is 5.97 Å². The maximum Gasteiger partial charge on any atom is 0.324 e. The van der Waals surface area contributed by atoms with Crippen LogP contribution < -0.4 is 5.32 Å². The second-order valence-corrected chi connectivity index (χ2v) is 4.67. The molecule has 0 bridgehead atoms. The van der Waals surface area contributed by atoms with Crippen LogP contribution in [0.3, 0.4) is 0 Å². The summed E-state index contributed by atoms with van der Waals surface area (Å²) < 4.78 is 0. The number of aliphatic carboxylic acids is 1. The number of carbonyl (C=O) groups is 1. The Morgan fingerprint density at radius 1 is 1.71 bits per heavy atom. The summed E-state index contributed by atoms with van der Waals surface area (Å²) in [5.74, 6) is 0.136. The van der Waals surface area contributed by atoms with Gasteiger partial charge in [-0.1, -0.05) is 12.2 Å². The number of carboxylic acids is 1. The fraction of sp³-hybridized carbons (Fsp3) is 0.700. The number of alkyl halides is 1. The average Bonchev–Trinajstić information content (AvgIpc) is 2.74. The Hall–Kier alpha value is -0.540. The highest BCUT2D eigenvalue weighted by molar-refractivity contribution is 6.19. The molecule has 2 aliphatic rings. The molecule has 78 valence electrons. The molecule has 2 N–H and O–H groups in total. The second-order valence-electron chi connectivity index (χ2n) is 4.40. The van der Waals surface area contributed by atoms with Gasteiger partial charge < -0.3 is 5.11 Å². The summed E-state index contributed by atoms with van der Waals surface area (Å²) in [5, 5.41) is 12.4. The van der Waals surface area contributed by atoms with E-state index in [1.54, 1.807) is 0 Å². The summed E-state index contributed by atoms with van der Waals surface area (Å²) in [4.78, 5) is 11.2. The van der Waals surface area contributed by atoms with Crippen LogP contribution in [-0.4, -0.2) is 28.5 Å². The quantitative estimate of drug-likeness (QED) is 0.550. The smallest absolute Gasteiger partial charge is 0.324 e. The number of halogens is 1. The van der Waals surface area contributed by atoms with Crippen LogP contribution in [0.4, 0.5) is 0 Å². The highest BCUT2D eigenvalue weighted by Gasteiger charge is 2.57. The Balaban J connectivity index is 2.07. The molecule has 0 radical (unpaired) electrons. The molecule has 0 aromatic carbocycles. The minimum Gasteiger partial charge on any atom is -0.480 e. The summed E-state index contributed by atoms with van der Waals surface area (Å²) in [5.41, 5.74) is 0.0161. The van der Waals surface area contributed by atoms with E-state index in [1.165, 1.54) is 0 Å². The number of hydrogen-bond acceptors (Lipinski definition) is 2. The van der Waals surface area contributed by atoms with Crippen LogP contribution in [0.25, 0.3) is 0 Å². The first kappa shape index (κ1) is 9.99. The van der Waals surface area contributed by atoms with Crippen LogP contribution in [0.2, 0.25) is 0 Å². The van der Waals surface area contributed by atoms with Crippen molar-refractivity contribution in [2.45, 2.75) is 30.8 Å². The predicted molar refractivity (Wildman–Crippen MR) is 54.5 cm³/mol. The SMILES string of the molecule is C=C(CCl)CC1(C(=O)O)C[C@H]2C[C@H]2N1. The molecule has 0 amide bonds. The zero-order chi connectivity index (χ0) is 10.3. The molecular formula is C10H14ClNO2. The normalized spacial score (nSPS) is 39.2. The summed E-state index contributed by atoms with van der Waals surface area (Å²) in [7, 11) is 0. The van der Waals surface area contributed by atoms with E-state index < -0.39 is 11.5 Å². The van der Waals surface area contributed by atoms with E-state index in [0.717, 1.165) is 18.4 Å². The number of hydrogen-bond donors (Lipinski definition) is 2. The van der Waals surface area contributed by atoms with Gasteiger partial charge in [0.15, 0.2) is 0 Å². The van der Waals surface area contributed by atoms with E-state index in [9.17, 15) is 9.90 Å². The highest BCUT2D eigenvalue weighted by Crippen LogP contribution is 2.47. The molecule has 14 heavy (non-hydrogen) atoms. The van der Waals surface area contributed by atoms with E-state index in [4.69, 9.17) is 11.6 Å². The summed E-state index contributed by atoms with van der Waals surface area (Å²) in [6.07, 6.45) is 2.31. The van der Waals surface area contributed by atoms with Crippen molar-refractivity contribution in [3.63, 3.8) is 0 Å². The number of fused-ring (bicyclic) bond motifs is 1. The third-order valence-corrected chi connectivity index (χ3v) is 3.52. The molecule has 1 unspecified atom stereocenters. The van der Waals surface area contributed by atoms with E-state index in [2.05, 4.69) is 11.9 Å². The molecule has 1 saturated heterocycles. The molecule has 3 atom stereocenters. The molecule has 4 heteroatoms. The standard InChI is InChI=1S/C10H14ClNO2/c1-6(5-11)3-10(9(13)14)4-7-2-8(7)12-10/h7-8,12H,1-5H2,(H,13,14)/t7-,8-,10?/m1/s1. The highest BCUT2D eigenvalue weighted by atomic mass is 35.5. The van der Waals surface area contributed by atoms with Gasteiger partial charge in [0.25, 0.3) is 0 Å². The van der Waals surface area contributed by atoms with Gasteiger partial charge in [-0.05, 0) is 25.2 Å². The molecule has 0 aromatic heterocycles. The number of carboxylic acid groups (broad SMARTS) is 1. The summed E-state index contributed by atoms with van der Waals surface area (Å²) >= 11 is 5.62. The lowest BCUT2D eigenvalue weighted by atomic mass is 9.88. The number of nitrogens with one attached hydrogen (secondary N) is 1. The fourth-order valence-electron chi connectivity index (χ4n) is 2.33. The first-order valence-electron chi connectivity index (χ1n) is 4.81. The van der Waals surface area contributed by atoms with Crippen molar-refractivity contribution in [2.75, 3.05) is 5.88 Å². The molecule has 0 aromatic rings. The minimum absolute atomic E-state index is 0.339. The van der Waals surface area contributed by atoms with Crippen molar-refractivity contribution >= 4 is 17.6 Å². The fourth-order valence-corrected chi connectivity index (χ4v) is 2.43. The minimum atomic E-state index is -0.778. The zero-order valence-electron chi connectivity index (χ0n) is 7.92. The lowest BCUT2D eigenvalue weighted by molar-refractivity contribution is -0.144. The first-order chi connectivity index (χ1) is 6.57. The third-order valence-electron chi connectivity index (χ3n) is 3.15. The van der Waals surface area contributed by atoms with Gasteiger partial charge in [-0.3, -0.25) is 10.1 Å². The van der Waals surface area contributed by atoms with E-state index in [-0.39, 0.29) is 0 Å². The number of rotatable bonds is 4. The van der Waals surface area contributed by atoms with Gasteiger partial charge in [0, 0.05) is 11.9 Å². The van der Waals surface area contributed by atoms with Crippen molar-refractivity contribution in [3.8, 4) is 0 Å². The molecule has 1 saturated carbocycles. The van der Waals surface area contributed by atoms with Crippen molar-refractivity contribution in [1.29, 1.82) is 0 Å². The van der Waals surface area contributed by atoms with Gasteiger partial charge in [0.05, 0.1) is 0 Å². The van der Waals surface area contributed by atoms with E-state index >= 15 is 0 Å². The van der Waals surface area contributed by atoms with Crippen LogP contribution in [0.15, 0.2) is 12.2 Å². The van der Waals surface area contributed by atoms with Crippen molar-refractivity contribution < 1.29 is 9.90 Å². The van der Waals surface area contributed by atoms with E-state index in [1.807, 2.05) is 0 Å². The third kappa shape index (κ3) is 1.55. The Morgan fingerprint density at radius 3 is 2.86 bits per heavy atom. The van der Waals surface area contributed by atoms with Crippen LogP contribution in [0.5, 0.6) is 0 Å². The Kier molecular flexibility index (Phi) is 2.32. The molecule has 0 spiro atoms. The lowest BCUT2D eigenvalue weighted by Crippen LogP contribution is -2.50. The Labute approximate surface area is 88.1 Å². The van der Waals surface area contributed by atoms with Gasteiger partial charge in [0.1, 0.15) is 5.54 Å². The van der Waals surface area contributed by atoms with Crippen molar-refractivity contribution in [3.05, 3.63) is 12.2 Å². The largest absolute Gasteiger partial charge is 0.480 e. The second kappa shape index (κ2) is 3.24. The molecule has 1 aliphatic carbocycles. The van der Waals surface area contributed by atoms with E-state index in [0.29, 0.717) is 24.3 Å². The predicted octanol–water partition coefficient (Wildman–Crippen LogP) is 1.38. The van der Waals surface area contributed by atoms with Gasteiger partial charge in [0.2, 0.25) is 0 Å². The first-order valence-corrected chi connectivity index (χ1v) is 5.34. The molecular weight excluding hydrogens is 202 g/mol. The molecule has 3 nitrogen and oxygen atoms in total. The van der Waals surface area contributed by atoms with Crippen LogP contribution in [-0.2, 0) is 4.79 Å². The Morgan fingerprint density at radius 2 is 2.43 bits per heavy atom. The summed E-state index contributed by atoms with van der Waals surface area (Å²) in [6.45, 7) is 3.77. The van der Waals surface area contributed by atoms with Gasteiger partial charge in [-0.15, -0.1) is 11.6 Å². The maximum atomic E-state index is 11.2. The molecule has 2 fully saturated rings. The Bertz CT molecular complexity index is 280. The van der Waals surface area contributed by atoms with Crippen LogP contribution in [0, 0.1) is 5.92 Å². The average molecular weight is 216 g/mol. The number of piperidine rings is 1. The monoisotopic (exact) mass is 215 g/mol. The molecule has 1 heterocycles. The topological polar surface area (TPSA) is 49.3 Å². The molecule has 2 rings (SSSR count). The maximum absolute atomic E-state index is 11.2. The lowest BCUT2D eigenvalue weighted by Gasteiger charge is -2.27. The van der Waals surface area contributed by atoms with Crippen molar-refractivity contribution in [2.24, 2.45) is 5.92 Å². The molecule has 1 aliphatic heterocycles. The van der Waals surface area contributed by atoms with Crippen molar-refractivity contribution in [1.82, 2.24) is 5.32 Å². The zero-order valence-corrected chi connectivity index (χ0v) is 8.68. The van der Waals surface area contributed by atoms with Crippen LogP contribution >= 0.6 is 11.6 Å².